The van der Waals surface area contributed by atoms with Crippen LogP contribution in [0.2, 0.25) is 0 Å². The van der Waals surface area contributed by atoms with E-state index in [1.165, 1.54) is 69.4 Å². The van der Waals surface area contributed by atoms with Crippen molar-refractivity contribution in [2.45, 2.75) is 0 Å². The first-order chi connectivity index (χ1) is 33.8. The van der Waals surface area contributed by atoms with Crippen molar-refractivity contribution in [2.75, 3.05) is 4.90 Å². The molecule has 0 spiro atoms. The molecule has 0 saturated heterocycles. The number of thiophene rings is 1. The predicted octanol–water partition coefficient (Wildman–Crippen LogP) is 18.7. The maximum Gasteiger partial charge on any atom is 0.143 e. The van der Waals surface area contributed by atoms with Gasteiger partial charge < -0.3 is 13.9 Å². The summed E-state index contributed by atoms with van der Waals surface area (Å²) >= 11 is 1.87. The van der Waals surface area contributed by atoms with Crippen molar-refractivity contribution in [3.8, 4) is 39.1 Å². The molecule has 0 aliphatic heterocycles. The van der Waals surface area contributed by atoms with Crippen molar-refractivity contribution >= 4 is 103 Å². The normalized spacial score (nSPS) is 11.8. The molecule has 318 valence electrons. The summed E-state index contributed by atoms with van der Waals surface area (Å²) in [5, 5.41) is 9.66. The van der Waals surface area contributed by atoms with Gasteiger partial charge in [0, 0.05) is 69.7 Å². The number of hydrogen-bond acceptors (Lipinski definition) is 3. The molecule has 11 aromatic carbocycles. The monoisotopic (exact) mass is 884 g/mol. The van der Waals surface area contributed by atoms with E-state index in [0.29, 0.717) is 0 Å². The van der Waals surface area contributed by atoms with Gasteiger partial charge in [-0.3, -0.25) is 0 Å². The number of anilines is 3. The molecule has 0 saturated carbocycles. The Labute approximate surface area is 396 Å². The molecule has 0 bridgehead atoms. The highest BCUT2D eigenvalue weighted by atomic mass is 32.1. The topological polar surface area (TPSA) is 21.3 Å². The number of benzene rings is 11. The van der Waals surface area contributed by atoms with Gasteiger partial charge in [-0.1, -0.05) is 188 Å². The van der Waals surface area contributed by atoms with Crippen LogP contribution in [0, 0.1) is 0 Å². The van der Waals surface area contributed by atoms with Gasteiger partial charge in [0.05, 0.1) is 28.1 Å². The molecule has 0 N–H and O–H groups in total. The second-order valence-corrected chi connectivity index (χ2v) is 18.6. The molecule has 0 radical (unpaired) electrons. The molecule has 3 nitrogen and oxygen atoms in total. The van der Waals surface area contributed by atoms with Crippen molar-refractivity contribution in [2.24, 2.45) is 0 Å². The SMILES string of the molecule is c1ccc(N(c2ccc(-c3cccc4ccccc34)cc2)c2ccc3c(sc4ccccc43)c2-c2ccccc2-n2c3ccccc3c3ccccc32)c(-c2cccc3c2oc2ccccc23)c1. The minimum atomic E-state index is 0.879. The third kappa shape index (κ3) is 5.91. The quantitative estimate of drug-likeness (QED) is 0.159. The Bertz CT molecular complexity index is 4230. The largest absolute Gasteiger partial charge is 0.455 e. The van der Waals surface area contributed by atoms with Gasteiger partial charge in [0.2, 0.25) is 0 Å². The van der Waals surface area contributed by atoms with Gasteiger partial charge in [0.25, 0.3) is 0 Å². The number of rotatable bonds is 7. The first-order valence-corrected chi connectivity index (χ1v) is 24.0. The Kier molecular flexibility index (Phi) is 8.76. The summed E-state index contributed by atoms with van der Waals surface area (Å²) in [6.07, 6.45) is 0. The van der Waals surface area contributed by atoms with Crippen LogP contribution >= 0.6 is 11.3 Å². The fraction of sp³-hybridized carbons (Fsp3) is 0. The van der Waals surface area contributed by atoms with Gasteiger partial charge in [-0.25, -0.2) is 0 Å². The Morgan fingerprint density at radius 3 is 1.78 bits per heavy atom. The summed E-state index contributed by atoms with van der Waals surface area (Å²) in [6.45, 7) is 0. The summed E-state index contributed by atoms with van der Waals surface area (Å²) in [5.74, 6) is 0. The van der Waals surface area contributed by atoms with E-state index in [2.05, 4.69) is 246 Å². The fourth-order valence-electron chi connectivity index (χ4n) is 10.8. The second kappa shape index (κ2) is 15.5. The molecule has 3 aromatic heterocycles. The maximum atomic E-state index is 6.78. The molecular weight excluding hydrogens is 845 g/mol. The van der Waals surface area contributed by atoms with E-state index < -0.39 is 0 Å². The lowest BCUT2D eigenvalue weighted by molar-refractivity contribution is 0.670. The zero-order chi connectivity index (χ0) is 44.7. The van der Waals surface area contributed by atoms with Crippen molar-refractivity contribution in [3.63, 3.8) is 0 Å². The van der Waals surface area contributed by atoms with E-state index >= 15 is 0 Å². The summed E-state index contributed by atoms with van der Waals surface area (Å²) < 4.78 is 11.7. The molecule has 0 unspecified atom stereocenters. The third-order valence-electron chi connectivity index (χ3n) is 13.8. The van der Waals surface area contributed by atoms with Crippen LogP contribution in [0.25, 0.3) is 114 Å². The zero-order valence-corrected chi connectivity index (χ0v) is 37.6. The van der Waals surface area contributed by atoms with Crippen LogP contribution in [0.3, 0.4) is 0 Å². The average molecular weight is 885 g/mol. The lowest BCUT2D eigenvalue weighted by atomic mass is 9.95. The molecule has 68 heavy (non-hydrogen) atoms. The summed E-state index contributed by atoms with van der Waals surface area (Å²) in [5.41, 5.74) is 15.3. The highest BCUT2D eigenvalue weighted by molar-refractivity contribution is 7.26. The molecule has 0 amide bonds. The van der Waals surface area contributed by atoms with E-state index in [1.807, 2.05) is 17.4 Å². The molecule has 0 fully saturated rings. The standard InChI is InChI=1S/C64H40N2OS/c1-2-19-44-41(17-1)18-15-26-45(44)42-35-37-43(38-36-42)65(55-29-9-5-22-48(55)51-27-16-28-52-49-23-7-13-33-60(49)67-63(51)52)59-40-39-53-50-24-8-14-34-61(50)68-64(53)62(59)54-25-6-12-32-58(54)66-56-30-10-3-20-46(56)47-21-4-11-31-57(47)66/h1-40H. The molecule has 14 aromatic rings. The van der Waals surface area contributed by atoms with Crippen molar-refractivity contribution in [3.05, 3.63) is 243 Å². The Hall–Kier alpha value is -8.70. The van der Waals surface area contributed by atoms with Crippen LogP contribution in [0.5, 0.6) is 0 Å². The van der Waals surface area contributed by atoms with E-state index in [1.54, 1.807) is 0 Å². The van der Waals surface area contributed by atoms with Crippen LogP contribution < -0.4 is 4.90 Å². The van der Waals surface area contributed by atoms with Gasteiger partial charge in [-0.15, -0.1) is 11.3 Å². The van der Waals surface area contributed by atoms with Gasteiger partial charge in [-0.2, -0.15) is 0 Å². The number of para-hydroxylation sites is 6. The second-order valence-electron chi connectivity index (χ2n) is 17.5. The molecule has 3 heterocycles. The van der Waals surface area contributed by atoms with Gasteiger partial charge in [-0.05, 0) is 76.5 Å². The van der Waals surface area contributed by atoms with Gasteiger partial charge in [0.1, 0.15) is 11.2 Å². The molecule has 0 aliphatic rings. The molecule has 14 rings (SSSR count). The lowest BCUT2D eigenvalue weighted by Gasteiger charge is -2.31. The number of aromatic nitrogens is 1. The molecular formula is C64H40N2OS. The highest BCUT2D eigenvalue weighted by Crippen LogP contribution is 2.52. The minimum absolute atomic E-state index is 0.879. The summed E-state index contributed by atoms with van der Waals surface area (Å²) in [7, 11) is 0. The molecule has 4 heteroatoms. The zero-order valence-electron chi connectivity index (χ0n) is 36.8. The third-order valence-corrected chi connectivity index (χ3v) is 15.0. The van der Waals surface area contributed by atoms with Crippen LogP contribution in [-0.2, 0) is 0 Å². The molecule has 0 atom stereocenters. The lowest BCUT2D eigenvalue weighted by Crippen LogP contribution is -2.13. The minimum Gasteiger partial charge on any atom is -0.455 e. The van der Waals surface area contributed by atoms with Crippen molar-refractivity contribution < 1.29 is 4.42 Å². The summed E-state index contributed by atoms with van der Waals surface area (Å²) in [4.78, 5) is 2.49. The Balaban J connectivity index is 1.08. The van der Waals surface area contributed by atoms with E-state index in [-0.39, 0.29) is 0 Å². The Morgan fingerprint density at radius 1 is 0.368 bits per heavy atom. The van der Waals surface area contributed by atoms with Crippen LogP contribution in [0.4, 0.5) is 17.1 Å². The number of nitrogens with zero attached hydrogens (tertiary/aromatic N) is 2. The number of furan rings is 1. The number of hydrogen-bond donors (Lipinski definition) is 0. The van der Waals surface area contributed by atoms with Crippen LogP contribution in [-0.4, -0.2) is 4.57 Å². The molecule has 0 aliphatic carbocycles. The number of fused-ring (bicyclic) bond motifs is 10. The van der Waals surface area contributed by atoms with Crippen LogP contribution in [0.1, 0.15) is 0 Å². The Morgan fingerprint density at radius 2 is 0.956 bits per heavy atom. The van der Waals surface area contributed by atoms with E-state index in [4.69, 9.17) is 4.42 Å². The summed E-state index contributed by atoms with van der Waals surface area (Å²) in [6, 6.07) is 88.3. The van der Waals surface area contributed by atoms with Crippen molar-refractivity contribution in [1.82, 2.24) is 4.57 Å². The van der Waals surface area contributed by atoms with Gasteiger partial charge >= 0.3 is 0 Å². The van der Waals surface area contributed by atoms with E-state index in [0.717, 1.165) is 61.4 Å². The first kappa shape index (κ1) is 38.6. The van der Waals surface area contributed by atoms with Crippen LogP contribution in [0.15, 0.2) is 247 Å². The average Bonchev–Trinajstić information content (AvgIpc) is 4.09. The van der Waals surface area contributed by atoms with Gasteiger partial charge in [0.15, 0.2) is 0 Å². The highest BCUT2D eigenvalue weighted by Gasteiger charge is 2.27. The van der Waals surface area contributed by atoms with Crippen molar-refractivity contribution in [1.29, 1.82) is 0 Å². The fourth-order valence-corrected chi connectivity index (χ4v) is 12.1. The predicted molar refractivity (Wildman–Crippen MR) is 289 cm³/mol. The maximum absolute atomic E-state index is 6.78. The first-order valence-electron chi connectivity index (χ1n) is 23.2. The smallest absolute Gasteiger partial charge is 0.143 e. The van der Waals surface area contributed by atoms with E-state index in [9.17, 15) is 0 Å².